The third-order valence-corrected chi connectivity index (χ3v) is 4.71. The summed E-state index contributed by atoms with van der Waals surface area (Å²) in [6, 6.07) is 11.1. The molecule has 0 bridgehead atoms. The number of hydrogen-bond donors (Lipinski definition) is 3. The van der Waals surface area contributed by atoms with Gasteiger partial charge in [-0.15, -0.1) is 0 Å². The van der Waals surface area contributed by atoms with Crippen molar-refractivity contribution in [3.63, 3.8) is 0 Å². The Balaban J connectivity index is 1.38. The summed E-state index contributed by atoms with van der Waals surface area (Å²) < 4.78 is 5.18. The third kappa shape index (κ3) is 3.58. The highest BCUT2D eigenvalue weighted by molar-refractivity contribution is 5.68. The monoisotopic (exact) mass is 340 g/mol. The first-order valence-corrected chi connectivity index (χ1v) is 8.76. The predicted octanol–water partition coefficient (Wildman–Crippen LogP) is 1.46. The molecule has 2 atom stereocenters. The second-order valence-electron chi connectivity index (χ2n) is 6.52. The molecule has 0 aliphatic carbocycles. The maximum absolute atomic E-state index is 5.18. The van der Waals surface area contributed by atoms with Crippen LogP contribution in [0.4, 0.5) is 17.3 Å². The van der Waals surface area contributed by atoms with Gasteiger partial charge in [0.15, 0.2) is 0 Å². The van der Waals surface area contributed by atoms with E-state index < -0.39 is 0 Å². The van der Waals surface area contributed by atoms with Crippen molar-refractivity contribution in [2.24, 2.45) is 0 Å². The molecule has 0 radical (unpaired) electrons. The van der Waals surface area contributed by atoms with E-state index in [1.807, 2.05) is 12.3 Å². The van der Waals surface area contributed by atoms with Gasteiger partial charge in [-0.1, -0.05) is 18.2 Å². The lowest BCUT2D eigenvalue weighted by molar-refractivity contribution is 0.171. The van der Waals surface area contributed by atoms with Crippen LogP contribution in [-0.2, 0) is 11.2 Å². The molecule has 1 aromatic carbocycles. The Hall–Kier alpha value is -2.22. The van der Waals surface area contributed by atoms with Gasteiger partial charge in [-0.05, 0) is 18.6 Å². The third-order valence-electron chi connectivity index (χ3n) is 4.71. The van der Waals surface area contributed by atoms with Crippen molar-refractivity contribution in [3.05, 3.63) is 42.2 Å². The fourth-order valence-electron chi connectivity index (χ4n) is 3.48. The van der Waals surface area contributed by atoms with E-state index in [2.05, 4.69) is 50.3 Å². The van der Waals surface area contributed by atoms with Crippen LogP contribution in [0.1, 0.15) is 12.1 Å². The summed E-state index contributed by atoms with van der Waals surface area (Å²) in [6.45, 7) is 2.45. The highest BCUT2D eigenvalue weighted by Gasteiger charge is 2.25. The van der Waals surface area contributed by atoms with E-state index in [0.29, 0.717) is 24.6 Å². The van der Waals surface area contributed by atoms with Crippen LogP contribution in [0.3, 0.4) is 0 Å². The van der Waals surface area contributed by atoms with Gasteiger partial charge in [0.25, 0.3) is 0 Å². The molecular weight excluding hydrogens is 316 g/mol. The number of rotatable bonds is 6. The standard InChI is InChI=1S/C18H24N6O/c1-25-12-14-9-13(22-23-14)10-19-18-20-11-17-16(21-18)7-8-24(17)15-5-3-2-4-6-15/h2-6,11,13-14,22-23H,7-10,12H2,1H3,(H,19,20,21). The second kappa shape index (κ2) is 7.35. The highest BCUT2D eigenvalue weighted by atomic mass is 16.5. The van der Waals surface area contributed by atoms with E-state index in [9.17, 15) is 0 Å². The number of nitrogens with zero attached hydrogens (tertiary/aromatic N) is 3. The van der Waals surface area contributed by atoms with Crippen LogP contribution in [0.2, 0.25) is 0 Å². The average molecular weight is 340 g/mol. The number of aromatic nitrogens is 2. The van der Waals surface area contributed by atoms with Crippen molar-refractivity contribution in [2.75, 3.05) is 37.0 Å². The lowest BCUT2D eigenvalue weighted by atomic mass is 10.1. The molecule has 25 heavy (non-hydrogen) atoms. The van der Waals surface area contributed by atoms with Gasteiger partial charge in [-0.2, -0.15) is 0 Å². The molecule has 0 saturated carbocycles. The van der Waals surface area contributed by atoms with Crippen LogP contribution in [0.15, 0.2) is 36.5 Å². The Labute approximate surface area is 147 Å². The van der Waals surface area contributed by atoms with Crippen LogP contribution in [-0.4, -0.2) is 48.9 Å². The number of para-hydroxylation sites is 1. The maximum atomic E-state index is 5.18. The van der Waals surface area contributed by atoms with Crippen molar-refractivity contribution >= 4 is 17.3 Å². The highest BCUT2D eigenvalue weighted by Crippen LogP contribution is 2.33. The maximum Gasteiger partial charge on any atom is 0.223 e. The van der Waals surface area contributed by atoms with Gasteiger partial charge in [-0.3, -0.25) is 10.9 Å². The molecule has 7 heteroatoms. The van der Waals surface area contributed by atoms with Crippen LogP contribution in [0.5, 0.6) is 0 Å². The molecule has 1 saturated heterocycles. The summed E-state index contributed by atoms with van der Waals surface area (Å²) in [5.74, 6) is 0.700. The fourth-order valence-corrected chi connectivity index (χ4v) is 3.48. The number of methoxy groups -OCH3 is 1. The Morgan fingerprint density at radius 3 is 2.92 bits per heavy atom. The van der Waals surface area contributed by atoms with Gasteiger partial charge in [0.05, 0.1) is 24.2 Å². The summed E-state index contributed by atoms with van der Waals surface area (Å²) in [4.78, 5) is 11.5. The van der Waals surface area contributed by atoms with Crippen molar-refractivity contribution in [2.45, 2.75) is 24.9 Å². The summed E-state index contributed by atoms with van der Waals surface area (Å²) >= 11 is 0. The molecular formula is C18H24N6O. The van der Waals surface area contributed by atoms with Gasteiger partial charge in [0, 0.05) is 44.4 Å². The Bertz CT molecular complexity index is 710. The minimum Gasteiger partial charge on any atom is -0.383 e. The predicted molar refractivity (Wildman–Crippen MR) is 98.0 cm³/mol. The minimum absolute atomic E-state index is 0.345. The molecule has 3 N–H and O–H groups in total. The molecule has 7 nitrogen and oxygen atoms in total. The summed E-state index contributed by atoms with van der Waals surface area (Å²) in [6.07, 6.45) is 3.90. The van der Waals surface area contributed by atoms with E-state index >= 15 is 0 Å². The molecule has 0 spiro atoms. The number of anilines is 3. The number of fused-ring (bicyclic) bond motifs is 1. The quantitative estimate of drug-likeness (QED) is 0.735. The SMILES string of the molecule is COCC1CC(CNc2ncc3c(n2)CCN3c2ccccc2)NN1. The topological polar surface area (TPSA) is 74.3 Å². The molecule has 3 heterocycles. The van der Waals surface area contributed by atoms with Gasteiger partial charge in [0.1, 0.15) is 0 Å². The van der Waals surface area contributed by atoms with Crippen molar-refractivity contribution < 1.29 is 4.74 Å². The zero-order valence-corrected chi connectivity index (χ0v) is 14.4. The number of benzene rings is 1. The minimum atomic E-state index is 0.345. The van der Waals surface area contributed by atoms with Crippen LogP contribution in [0.25, 0.3) is 0 Å². The first-order valence-electron chi connectivity index (χ1n) is 8.76. The zero-order chi connectivity index (χ0) is 17.1. The summed E-state index contributed by atoms with van der Waals surface area (Å²) in [5.41, 5.74) is 9.94. The van der Waals surface area contributed by atoms with Gasteiger partial charge in [-0.25, -0.2) is 9.97 Å². The van der Waals surface area contributed by atoms with Gasteiger partial charge in [0.2, 0.25) is 5.95 Å². The molecule has 2 aliphatic rings. The van der Waals surface area contributed by atoms with E-state index in [1.54, 1.807) is 7.11 Å². The average Bonchev–Trinajstić information content (AvgIpc) is 3.27. The molecule has 2 aromatic rings. The normalized spacial score (nSPS) is 22.2. The lowest BCUT2D eigenvalue weighted by Gasteiger charge is -2.19. The van der Waals surface area contributed by atoms with Crippen LogP contribution >= 0.6 is 0 Å². The van der Waals surface area contributed by atoms with Crippen molar-refractivity contribution in [3.8, 4) is 0 Å². The number of ether oxygens (including phenoxy) is 1. The first-order chi connectivity index (χ1) is 12.3. The van der Waals surface area contributed by atoms with E-state index in [4.69, 9.17) is 9.72 Å². The smallest absolute Gasteiger partial charge is 0.223 e. The van der Waals surface area contributed by atoms with Gasteiger partial charge >= 0.3 is 0 Å². The fraction of sp³-hybridized carbons (Fsp3) is 0.444. The number of hydrazine groups is 1. The largest absolute Gasteiger partial charge is 0.383 e. The van der Waals surface area contributed by atoms with Crippen molar-refractivity contribution in [1.82, 2.24) is 20.8 Å². The Kier molecular flexibility index (Phi) is 4.78. The van der Waals surface area contributed by atoms with Gasteiger partial charge < -0.3 is 15.0 Å². The molecule has 1 aromatic heterocycles. The van der Waals surface area contributed by atoms with Crippen LogP contribution in [0, 0.1) is 0 Å². The van der Waals surface area contributed by atoms with Crippen LogP contribution < -0.4 is 21.1 Å². The van der Waals surface area contributed by atoms with E-state index in [-0.39, 0.29) is 0 Å². The van der Waals surface area contributed by atoms with E-state index in [0.717, 1.165) is 37.3 Å². The molecule has 132 valence electrons. The lowest BCUT2D eigenvalue weighted by Crippen LogP contribution is -2.37. The number of nitrogens with one attached hydrogen (secondary N) is 3. The van der Waals surface area contributed by atoms with Crippen molar-refractivity contribution in [1.29, 1.82) is 0 Å². The molecule has 0 amide bonds. The molecule has 2 aliphatic heterocycles. The summed E-state index contributed by atoms with van der Waals surface area (Å²) in [7, 11) is 1.73. The van der Waals surface area contributed by atoms with E-state index in [1.165, 1.54) is 5.69 Å². The molecule has 1 fully saturated rings. The molecule has 2 unspecified atom stereocenters. The number of hydrogen-bond acceptors (Lipinski definition) is 7. The molecule has 4 rings (SSSR count). The Morgan fingerprint density at radius 2 is 2.08 bits per heavy atom. The summed E-state index contributed by atoms with van der Waals surface area (Å²) in [5, 5.41) is 3.35. The first kappa shape index (κ1) is 16.3. The zero-order valence-electron chi connectivity index (χ0n) is 14.4. The Morgan fingerprint density at radius 1 is 1.24 bits per heavy atom. The second-order valence-corrected chi connectivity index (χ2v) is 6.52.